The summed E-state index contributed by atoms with van der Waals surface area (Å²) in [5, 5.41) is 6.88. The van der Waals surface area contributed by atoms with Crippen molar-refractivity contribution in [3.63, 3.8) is 0 Å². The number of rotatable bonds is 10. The largest absolute Gasteiger partial charge is 0.491 e. The van der Waals surface area contributed by atoms with Gasteiger partial charge >= 0.3 is 0 Å². The zero-order valence-corrected chi connectivity index (χ0v) is 22.7. The lowest BCUT2D eigenvalue weighted by molar-refractivity contribution is 0.140. The number of likely N-dealkylation sites (N-methyl/N-ethyl adjacent to an activating group) is 1. The van der Waals surface area contributed by atoms with Gasteiger partial charge in [0.2, 0.25) is 0 Å². The van der Waals surface area contributed by atoms with Crippen LogP contribution in [-0.2, 0) is 6.42 Å². The van der Waals surface area contributed by atoms with E-state index in [0.29, 0.717) is 5.92 Å². The van der Waals surface area contributed by atoms with Crippen LogP contribution >= 0.6 is 24.0 Å². The summed E-state index contributed by atoms with van der Waals surface area (Å²) < 4.78 is 11.2. The van der Waals surface area contributed by atoms with Crippen LogP contribution in [-0.4, -0.2) is 74.7 Å². The van der Waals surface area contributed by atoms with Crippen LogP contribution in [0.5, 0.6) is 5.75 Å². The van der Waals surface area contributed by atoms with Gasteiger partial charge in [0.05, 0.1) is 12.4 Å². The average molecular weight is 570 g/mol. The Kier molecular flexibility index (Phi) is 12.0. The zero-order chi connectivity index (χ0) is 22.8. The maximum atomic E-state index is 5.75. The van der Waals surface area contributed by atoms with E-state index in [0.717, 1.165) is 75.4 Å². The van der Waals surface area contributed by atoms with Crippen LogP contribution in [0.2, 0.25) is 0 Å². The summed E-state index contributed by atoms with van der Waals surface area (Å²) in [5.41, 5.74) is 0.983. The van der Waals surface area contributed by atoms with Crippen LogP contribution in [0.3, 0.4) is 0 Å². The lowest BCUT2D eigenvalue weighted by Gasteiger charge is -2.33. The number of ether oxygens (including phenoxy) is 1. The molecule has 1 atom stereocenters. The third kappa shape index (κ3) is 10.4. The van der Waals surface area contributed by atoms with Crippen molar-refractivity contribution in [1.82, 2.24) is 15.1 Å². The molecule has 2 aromatic rings. The average Bonchev–Trinajstić information content (AvgIpc) is 3.28. The Balaban J connectivity index is 0.00000385. The van der Waals surface area contributed by atoms with Crippen LogP contribution in [0.4, 0.5) is 5.69 Å². The molecule has 1 aromatic carbocycles. The van der Waals surface area contributed by atoms with Crippen molar-refractivity contribution in [2.24, 2.45) is 10.9 Å². The van der Waals surface area contributed by atoms with Gasteiger partial charge in [-0.25, -0.2) is 0 Å². The summed E-state index contributed by atoms with van der Waals surface area (Å²) >= 11 is 0. The fraction of sp³-hybridized carbons (Fsp3) is 0.560. The molecule has 0 spiro atoms. The molecule has 0 aliphatic carbocycles. The Morgan fingerprint density at radius 1 is 1.09 bits per heavy atom. The molecule has 1 aromatic heterocycles. The summed E-state index contributed by atoms with van der Waals surface area (Å²) in [6.45, 7) is 13.5. The number of hydrogen-bond donors (Lipinski definition) is 2. The van der Waals surface area contributed by atoms with E-state index >= 15 is 0 Å². The Hall–Kier alpha value is -1.78. The van der Waals surface area contributed by atoms with Crippen LogP contribution in [0.15, 0.2) is 52.1 Å². The monoisotopic (exact) mass is 569 g/mol. The van der Waals surface area contributed by atoms with Crippen LogP contribution < -0.4 is 15.4 Å². The number of furan rings is 1. The molecule has 0 radical (unpaired) electrons. The quantitative estimate of drug-likeness (QED) is 0.255. The summed E-state index contributed by atoms with van der Waals surface area (Å²) in [6, 6.07) is 11.9. The highest BCUT2D eigenvalue weighted by Gasteiger charge is 2.16. The molecule has 33 heavy (non-hydrogen) atoms. The van der Waals surface area contributed by atoms with Crippen molar-refractivity contribution in [2.75, 3.05) is 58.2 Å². The minimum absolute atomic E-state index is 0. The van der Waals surface area contributed by atoms with E-state index in [4.69, 9.17) is 14.1 Å². The summed E-state index contributed by atoms with van der Waals surface area (Å²) in [4.78, 5) is 9.82. The normalized spacial score (nSPS) is 16.3. The lowest BCUT2D eigenvalue weighted by Crippen LogP contribution is -2.46. The second-order valence-electron chi connectivity index (χ2n) is 8.97. The van der Waals surface area contributed by atoms with Crippen LogP contribution in [0, 0.1) is 5.92 Å². The van der Waals surface area contributed by atoms with E-state index in [9.17, 15) is 0 Å². The maximum absolute atomic E-state index is 5.75. The first kappa shape index (κ1) is 27.5. The number of nitrogens with zero attached hydrogens (tertiary/aromatic N) is 3. The fourth-order valence-electron chi connectivity index (χ4n) is 3.70. The molecular weight excluding hydrogens is 529 g/mol. The van der Waals surface area contributed by atoms with E-state index in [1.54, 1.807) is 6.26 Å². The number of guanidine groups is 1. The molecule has 8 heteroatoms. The van der Waals surface area contributed by atoms with Crippen molar-refractivity contribution >= 4 is 35.6 Å². The number of benzene rings is 1. The Morgan fingerprint density at radius 2 is 1.82 bits per heavy atom. The number of anilines is 1. The third-order valence-corrected chi connectivity index (χ3v) is 5.46. The standard InChI is InChI=1S/C25H39N5O2.HI/c1-20(2)32-24-9-7-22(8-10-24)28-25(26-12-11-23-6-5-17-31-23)27-18-21(3)19-30-15-13-29(4)14-16-30;/h5-10,17,20-21H,11-16,18-19H2,1-4H3,(H2,26,27,28);1H. The van der Waals surface area contributed by atoms with E-state index in [1.165, 1.54) is 0 Å². The predicted octanol–water partition coefficient (Wildman–Crippen LogP) is 4.17. The van der Waals surface area contributed by atoms with Gasteiger partial charge in [-0.15, -0.1) is 24.0 Å². The second-order valence-corrected chi connectivity index (χ2v) is 8.97. The van der Waals surface area contributed by atoms with Gasteiger partial charge in [-0.3, -0.25) is 4.99 Å². The van der Waals surface area contributed by atoms with Crippen LogP contribution in [0.1, 0.15) is 26.5 Å². The minimum Gasteiger partial charge on any atom is -0.491 e. The summed E-state index contributed by atoms with van der Waals surface area (Å²) in [5.74, 6) is 3.12. The highest BCUT2D eigenvalue weighted by molar-refractivity contribution is 14.0. The number of nitrogens with one attached hydrogen (secondary N) is 2. The van der Waals surface area contributed by atoms with Crippen molar-refractivity contribution in [3.8, 4) is 5.75 Å². The minimum atomic E-state index is 0. The van der Waals surface area contributed by atoms with Crippen molar-refractivity contribution in [3.05, 3.63) is 48.4 Å². The van der Waals surface area contributed by atoms with E-state index in [-0.39, 0.29) is 30.1 Å². The molecule has 1 unspecified atom stereocenters. The second kappa shape index (κ2) is 14.5. The predicted molar refractivity (Wildman–Crippen MR) is 147 cm³/mol. The molecule has 0 saturated carbocycles. The molecule has 1 aliphatic rings. The van der Waals surface area contributed by atoms with E-state index in [2.05, 4.69) is 34.4 Å². The topological polar surface area (TPSA) is 65.3 Å². The van der Waals surface area contributed by atoms with Gasteiger partial charge in [0.25, 0.3) is 0 Å². The number of aliphatic imine (C=N–C) groups is 1. The zero-order valence-electron chi connectivity index (χ0n) is 20.4. The van der Waals surface area contributed by atoms with E-state index < -0.39 is 0 Å². The van der Waals surface area contributed by atoms with Crippen LogP contribution in [0.25, 0.3) is 0 Å². The highest BCUT2D eigenvalue weighted by Crippen LogP contribution is 2.17. The Bertz CT molecular complexity index is 803. The molecule has 1 aliphatic heterocycles. The van der Waals surface area contributed by atoms with Gasteiger partial charge in [-0.05, 0) is 63.2 Å². The molecule has 1 fully saturated rings. The van der Waals surface area contributed by atoms with E-state index in [1.807, 2.05) is 50.2 Å². The highest BCUT2D eigenvalue weighted by atomic mass is 127. The van der Waals surface area contributed by atoms with Gasteiger partial charge in [0.15, 0.2) is 5.96 Å². The summed E-state index contributed by atoms with van der Waals surface area (Å²) in [7, 11) is 2.19. The Morgan fingerprint density at radius 3 is 2.45 bits per heavy atom. The van der Waals surface area contributed by atoms with Gasteiger partial charge in [0, 0.05) is 57.9 Å². The molecule has 1 saturated heterocycles. The molecule has 7 nitrogen and oxygen atoms in total. The van der Waals surface area contributed by atoms with Crippen molar-refractivity contribution in [2.45, 2.75) is 33.3 Å². The third-order valence-electron chi connectivity index (χ3n) is 5.46. The molecular formula is C25H40IN5O2. The first-order valence-electron chi connectivity index (χ1n) is 11.7. The maximum Gasteiger partial charge on any atom is 0.195 e. The number of halogens is 1. The Labute approximate surface area is 216 Å². The molecule has 2 N–H and O–H groups in total. The molecule has 0 amide bonds. The van der Waals surface area contributed by atoms with Crippen molar-refractivity contribution < 1.29 is 9.15 Å². The SMILES string of the molecule is CC(CN=C(NCCc1ccco1)Nc1ccc(OC(C)C)cc1)CN1CCN(C)CC1.I. The first-order valence-corrected chi connectivity index (χ1v) is 11.7. The van der Waals surface area contributed by atoms with Gasteiger partial charge in [0.1, 0.15) is 11.5 Å². The molecule has 184 valence electrons. The lowest BCUT2D eigenvalue weighted by atomic mass is 10.1. The van der Waals surface area contributed by atoms with Gasteiger partial charge < -0.3 is 29.6 Å². The number of piperazine rings is 1. The van der Waals surface area contributed by atoms with Gasteiger partial charge in [-0.1, -0.05) is 6.92 Å². The molecule has 2 heterocycles. The molecule has 0 bridgehead atoms. The summed E-state index contributed by atoms with van der Waals surface area (Å²) in [6.07, 6.45) is 2.69. The van der Waals surface area contributed by atoms with Gasteiger partial charge in [-0.2, -0.15) is 0 Å². The fourth-order valence-corrected chi connectivity index (χ4v) is 3.70. The molecule has 3 rings (SSSR count). The first-order chi connectivity index (χ1) is 15.5. The number of hydrogen-bond acceptors (Lipinski definition) is 5. The van der Waals surface area contributed by atoms with Crippen molar-refractivity contribution in [1.29, 1.82) is 0 Å². The smallest absolute Gasteiger partial charge is 0.195 e.